The van der Waals surface area contributed by atoms with Crippen molar-refractivity contribution in [2.45, 2.75) is 51.7 Å². The largest absolute Gasteiger partial charge is 0.493 e. The van der Waals surface area contributed by atoms with E-state index in [4.69, 9.17) is 14.2 Å². The maximum atomic E-state index is 5.90. The highest BCUT2D eigenvalue weighted by Gasteiger charge is 2.59. The van der Waals surface area contributed by atoms with Crippen molar-refractivity contribution >= 4 is 5.96 Å². The number of fused-ring (bicyclic) bond motifs is 1. The van der Waals surface area contributed by atoms with Crippen LogP contribution in [0.5, 0.6) is 11.5 Å². The molecule has 0 radical (unpaired) electrons. The number of rotatable bonds is 6. The van der Waals surface area contributed by atoms with Crippen LogP contribution in [0.25, 0.3) is 0 Å². The van der Waals surface area contributed by atoms with E-state index in [0.717, 1.165) is 37.0 Å². The molecule has 1 aliphatic heterocycles. The first-order valence-electron chi connectivity index (χ1n) is 10.1. The molecule has 156 valence electrons. The lowest BCUT2D eigenvalue weighted by atomic mass is 9.57. The number of methoxy groups -OCH3 is 2. The fourth-order valence-electron chi connectivity index (χ4n) is 4.62. The number of ether oxygens (including phenoxy) is 3. The lowest BCUT2D eigenvalue weighted by Crippen LogP contribution is -2.68. The van der Waals surface area contributed by atoms with Gasteiger partial charge in [0.2, 0.25) is 0 Å². The predicted octanol–water partition coefficient (Wildman–Crippen LogP) is 2.96. The summed E-state index contributed by atoms with van der Waals surface area (Å²) in [5, 5.41) is 7.16. The molecular formula is C22H35N3O3. The minimum Gasteiger partial charge on any atom is -0.493 e. The Morgan fingerprint density at radius 3 is 2.61 bits per heavy atom. The van der Waals surface area contributed by atoms with Gasteiger partial charge < -0.3 is 24.8 Å². The Bertz CT molecular complexity index is 730. The standard InChI is InChI=1S/C22H35N3O3/c1-21(2,14-8-9-16(26-6)17(12-14)27-7)13-24-20(23-5)25-18-15-10-11-28-19(15)22(18,3)4/h8-9,12,15,18-19H,10-11,13H2,1-7H3,(H2,23,24,25). The molecule has 1 aliphatic carbocycles. The summed E-state index contributed by atoms with van der Waals surface area (Å²) in [7, 11) is 5.15. The van der Waals surface area contributed by atoms with Gasteiger partial charge in [-0.2, -0.15) is 0 Å². The van der Waals surface area contributed by atoms with Crippen molar-refractivity contribution in [1.82, 2.24) is 10.6 Å². The molecule has 0 bridgehead atoms. The zero-order valence-electron chi connectivity index (χ0n) is 18.3. The molecule has 3 rings (SSSR count). The molecule has 0 amide bonds. The highest BCUT2D eigenvalue weighted by atomic mass is 16.5. The van der Waals surface area contributed by atoms with Crippen LogP contribution in [0, 0.1) is 11.3 Å². The van der Waals surface area contributed by atoms with Crippen molar-refractivity contribution in [3.8, 4) is 11.5 Å². The third-order valence-corrected chi connectivity index (χ3v) is 6.48. The van der Waals surface area contributed by atoms with Gasteiger partial charge in [0.05, 0.1) is 20.3 Å². The summed E-state index contributed by atoms with van der Waals surface area (Å²) in [5.74, 6) is 2.91. The first kappa shape index (κ1) is 20.8. The van der Waals surface area contributed by atoms with Gasteiger partial charge in [0.15, 0.2) is 17.5 Å². The van der Waals surface area contributed by atoms with Crippen LogP contribution in [-0.2, 0) is 10.2 Å². The summed E-state index contributed by atoms with van der Waals surface area (Å²) >= 11 is 0. The Hall–Kier alpha value is -1.95. The molecule has 3 atom stereocenters. The Labute approximate surface area is 169 Å². The molecule has 1 aromatic rings. The number of hydrogen-bond donors (Lipinski definition) is 2. The number of hydrogen-bond acceptors (Lipinski definition) is 4. The van der Waals surface area contributed by atoms with Gasteiger partial charge in [-0.05, 0) is 24.1 Å². The van der Waals surface area contributed by atoms with E-state index in [-0.39, 0.29) is 10.8 Å². The molecule has 28 heavy (non-hydrogen) atoms. The summed E-state index contributed by atoms with van der Waals surface area (Å²) in [5.41, 5.74) is 1.20. The quantitative estimate of drug-likeness (QED) is 0.579. The molecule has 0 aromatic heterocycles. The molecule has 2 fully saturated rings. The fraction of sp³-hybridized carbons (Fsp3) is 0.682. The van der Waals surface area contributed by atoms with Gasteiger partial charge in [0.1, 0.15) is 0 Å². The molecule has 1 saturated heterocycles. The SMILES string of the molecule is CN=C(NCC(C)(C)c1ccc(OC)c(OC)c1)NC1C2CCOC2C1(C)C. The first-order chi connectivity index (χ1) is 13.2. The van der Waals surface area contributed by atoms with Gasteiger partial charge in [-0.3, -0.25) is 4.99 Å². The molecule has 6 heteroatoms. The molecule has 3 unspecified atom stereocenters. The number of nitrogens with zero attached hydrogens (tertiary/aromatic N) is 1. The third-order valence-electron chi connectivity index (χ3n) is 6.48. The van der Waals surface area contributed by atoms with Crippen LogP contribution in [0.15, 0.2) is 23.2 Å². The number of nitrogens with one attached hydrogen (secondary N) is 2. The second-order valence-corrected chi connectivity index (χ2v) is 9.07. The van der Waals surface area contributed by atoms with E-state index in [0.29, 0.717) is 18.1 Å². The molecule has 2 N–H and O–H groups in total. The average Bonchev–Trinajstić information content (AvgIpc) is 3.14. The average molecular weight is 390 g/mol. The van der Waals surface area contributed by atoms with E-state index >= 15 is 0 Å². The number of benzene rings is 1. The van der Waals surface area contributed by atoms with E-state index in [1.54, 1.807) is 14.2 Å². The minimum atomic E-state index is -0.106. The van der Waals surface area contributed by atoms with Gasteiger partial charge in [0, 0.05) is 43.0 Å². The van der Waals surface area contributed by atoms with Gasteiger partial charge in [-0.1, -0.05) is 33.8 Å². The number of aliphatic imine (C=N–C) groups is 1. The van der Waals surface area contributed by atoms with Crippen LogP contribution in [0.1, 0.15) is 39.7 Å². The van der Waals surface area contributed by atoms with E-state index in [1.807, 2.05) is 19.2 Å². The van der Waals surface area contributed by atoms with Crippen molar-refractivity contribution in [1.29, 1.82) is 0 Å². The molecule has 2 aliphatic rings. The maximum Gasteiger partial charge on any atom is 0.191 e. The highest BCUT2D eigenvalue weighted by molar-refractivity contribution is 5.80. The second-order valence-electron chi connectivity index (χ2n) is 9.07. The zero-order valence-corrected chi connectivity index (χ0v) is 18.3. The summed E-state index contributed by atoms with van der Waals surface area (Å²) < 4.78 is 16.7. The van der Waals surface area contributed by atoms with Crippen molar-refractivity contribution in [3.63, 3.8) is 0 Å². The van der Waals surface area contributed by atoms with Crippen molar-refractivity contribution in [3.05, 3.63) is 23.8 Å². The summed E-state index contributed by atoms with van der Waals surface area (Å²) in [4.78, 5) is 4.46. The van der Waals surface area contributed by atoms with Gasteiger partial charge in [0.25, 0.3) is 0 Å². The minimum absolute atomic E-state index is 0.106. The summed E-state index contributed by atoms with van der Waals surface area (Å²) in [6.07, 6.45) is 1.49. The van der Waals surface area contributed by atoms with Crippen LogP contribution in [-0.4, -0.2) is 52.5 Å². The molecule has 1 aromatic carbocycles. The van der Waals surface area contributed by atoms with Crippen molar-refractivity contribution < 1.29 is 14.2 Å². The fourth-order valence-corrected chi connectivity index (χ4v) is 4.62. The predicted molar refractivity (Wildman–Crippen MR) is 112 cm³/mol. The molecule has 1 heterocycles. The Morgan fingerprint density at radius 2 is 1.96 bits per heavy atom. The van der Waals surface area contributed by atoms with Gasteiger partial charge >= 0.3 is 0 Å². The summed E-state index contributed by atoms with van der Waals surface area (Å²) in [6, 6.07) is 6.48. The van der Waals surface area contributed by atoms with Crippen LogP contribution in [0.3, 0.4) is 0 Å². The second kappa shape index (κ2) is 7.82. The maximum absolute atomic E-state index is 5.90. The number of guanidine groups is 1. The molecule has 6 nitrogen and oxygen atoms in total. The molecule has 1 saturated carbocycles. The zero-order chi connectivity index (χ0) is 20.5. The van der Waals surface area contributed by atoms with Crippen molar-refractivity contribution in [2.75, 3.05) is 34.4 Å². The highest BCUT2D eigenvalue weighted by Crippen LogP contribution is 2.52. The summed E-state index contributed by atoms with van der Waals surface area (Å²) in [6.45, 7) is 10.6. The normalized spacial score (nSPS) is 26.2. The first-order valence-corrected chi connectivity index (χ1v) is 10.1. The van der Waals surface area contributed by atoms with Gasteiger partial charge in [-0.25, -0.2) is 0 Å². The third kappa shape index (κ3) is 3.66. The lowest BCUT2D eigenvalue weighted by Gasteiger charge is -2.55. The topological polar surface area (TPSA) is 64.1 Å². The van der Waals surface area contributed by atoms with E-state index in [1.165, 1.54) is 5.56 Å². The molecular weight excluding hydrogens is 354 g/mol. The van der Waals surface area contributed by atoms with Crippen molar-refractivity contribution in [2.24, 2.45) is 16.3 Å². The smallest absolute Gasteiger partial charge is 0.191 e. The van der Waals surface area contributed by atoms with Gasteiger partial charge in [-0.15, -0.1) is 0 Å². The monoisotopic (exact) mass is 389 g/mol. The van der Waals surface area contributed by atoms with E-state index < -0.39 is 0 Å². The molecule has 0 spiro atoms. The Balaban J connectivity index is 1.64. The van der Waals surface area contributed by atoms with E-state index in [9.17, 15) is 0 Å². The Morgan fingerprint density at radius 1 is 1.25 bits per heavy atom. The van der Waals surface area contributed by atoms with Crippen LogP contribution < -0.4 is 20.1 Å². The lowest BCUT2D eigenvalue weighted by molar-refractivity contribution is -0.106. The van der Waals surface area contributed by atoms with Crippen LogP contribution in [0.4, 0.5) is 0 Å². The van der Waals surface area contributed by atoms with Crippen LogP contribution >= 0.6 is 0 Å². The van der Waals surface area contributed by atoms with E-state index in [2.05, 4.69) is 49.4 Å². The van der Waals surface area contributed by atoms with Crippen LogP contribution in [0.2, 0.25) is 0 Å². The Kier molecular flexibility index (Phi) is 5.80.